The highest BCUT2D eigenvalue weighted by Gasteiger charge is 2.17. The van der Waals surface area contributed by atoms with E-state index < -0.39 is 0 Å². The lowest BCUT2D eigenvalue weighted by molar-refractivity contribution is -0.113. The van der Waals surface area contributed by atoms with E-state index in [0.717, 1.165) is 5.69 Å². The lowest BCUT2D eigenvalue weighted by atomic mass is 10.2. The Kier molecular flexibility index (Phi) is 8.94. The zero-order valence-electron chi connectivity index (χ0n) is 20.8. The normalized spacial score (nSPS) is 10.6. The number of hydrogen-bond acceptors (Lipinski definition) is 7. The molecule has 38 heavy (non-hydrogen) atoms. The highest BCUT2D eigenvalue weighted by atomic mass is 32.2. The highest BCUT2D eigenvalue weighted by Crippen LogP contribution is 2.24. The maximum atomic E-state index is 13.1. The number of aromatic nitrogens is 3. The Hall–Kier alpha value is -4.38. The number of ether oxygens (including phenoxy) is 2. The van der Waals surface area contributed by atoms with Gasteiger partial charge in [0.2, 0.25) is 5.91 Å². The van der Waals surface area contributed by atoms with Gasteiger partial charge in [0.25, 0.3) is 5.91 Å². The molecule has 0 unspecified atom stereocenters. The van der Waals surface area contributed by atoms with Crippen molar-refractivity contribution in [3.05, 3.63) is 90.0 Å². The molecule has 0 fully saturated rings. The molecule has 0 saturated carbocycles. The highest BCUT2D eigenvalue weighted by molar-refractivity contribution is 7.99. The molecule has 0 saturated heterocycles. The summed E-state index contributed by atoms with van der Waals surface area (Å²) in [5.41, 5.74) is 1.71. The summed E-state index contributed by atoms with van der Waals surface area (Å²) < 4.78 is 25.6. The second kappa shape index (κ2) is 12.7. The number of amides is 2. The number of halogens is 1. The zero-order valence-corrected chi connectivity index (χ0v) is 21.6. The summed E-state index contributed by atoms with van der Waals surface area (Å²) >= 11 is 1.19. The van der Waals surface area contributed by atoms with Gasteiger partial charge in [0.1, 0.15) is 17.3 Å². The number of methoxy groups -OCH3 is 1. The monoisotopic (exact) mass is 535 g/mol. The maximum absolute atomic E-state index is 13.1. The number of carbonyl (C=O) groups excluding carboxylic acids is 2. The van der Waals surface area contributed by atoms with Gasteiger partial charge < -0.3 is 20.1 Å². The first kappa shape index (κ1) is 26.7. The molecular formula is C27H26FN5O4S. The molecular weight excluding hydrogens is 509 g/mol. The Morgan fingerprint density at radius 1 is 0.947 bits per heavy atom. The summed E-state index contributed by atoms with van der Waals surface area (Å²) in [4.78, 5) is 25.2. The molecule has 0 radical (unpaired) electrons. The van der Waals surface area contributed by atoms with Crippen LogP contribution in [0, 0.1) is 5.82 Å². The van der Waals surface area contributed by atoms with Gasteiger partial charge in [-0.2, -0.15) is 0 Å². The van der Waals surface area contributed by atoms with Crippen molar-refractivity contribution in [2.45, 2.75) is 18.6 Å². The molecule has 2 N–H and O–H groups in total. The van der Waals surface area contributed by atoms with Crippen LogP contribution in [-0.4, -0.2) is 46.0 Å². The van der Waals surface area contributed by atoms with Crippen LogP contribution in [0.1, 0.15) is 23.1 Å². The average Bonchev–Trinajstić information content (AvgIpc) is 3.35. The van der Waals surface area contributed by atoms with Crippen molar-refractivity contribution < 1.29 is 23.5 Å². The van der Waals surface area contributed by atoms with Crippen molar-refractivity contribution >= 4 is 29.3 Å². The molecule has 1 heterocycles. The van der Waals surface area contributed by atoms with Gasteiger partial charge in [-0.1, -0.05) is 11.8 Å². The van der Waals surface area contributed by atoms with E-state index in [1.54, 1.807) is 35.9 Å². The number of benzene rings is 3. The smallest absolute Gasteiger partial charge is 0.251 e. The van der Waals surface area contributed by atoms with Gasteiger partial charge in [-0.3, -0.25) is 14.2 Å². The van der Waals surface area contributed by atoms with Crippen molar-refractivity contribution in [3.63, 3.8) is 0 Å². The minimum Gasteiger partial charge on any atom is -0.497 e. The molecule has 1 aromatic heterocycles. The molecule has 0 aliphatic rings. The van der Waals surface area contributed by atoms with Gasteiger partial charge in [-0.25, -0.2) is 4.39 Å². The van der Waals surface area contributed by atoms with Crippen LogP contribution in [0.25, 0.3) is 5.69 Å². The zero-order chi connectivity index (χ0) is 26.9. The Morgan fingerprint density at radius 3 is 2.29 bits per heavy atom. The Labute approximate surface area is 223 Å². The molecule has 0 aliphatic carbocycles. The Morgan fingerprint density at radius 2 is 1.63 bits per heavy atom. The number of thioether (sulfide) groups is 1. The van der Waals surface area contributed by atoms with Crippen molar-refractivity contribution in [2.24, 2.45) is 0 Å². The number of nitrogens with one attached hydrogen (secondary N) is 2. The molecule has 0 aliphatic heterocycles. The van der Waals surface area contributed by atoms with Crippen LogP contribution >= 0.6 is 11.8 Å². The van der Waals surface area contributed by atoms with Crippen LogP contribution in [0.2, 0.25) is 0 Å². The van der Waals surface area contributed by atoms with Crippen LogP contribution in [0.3, 0.4) is 0 Å². The second-order valence-corrected chi connectivity index (χ2v) is 8.86. The van der Waals surface area contributed by atoms with Crippen LogP contribution < -0.4 is 20.1 Å². The Bertz CT molecular complexity index is 1380. The number of carbonyl (C=O) groups is 2. The summed E-state index contributed by atoms with van der Waals surface area (Å²) in [6.45, 7) is 2.55. The van der Waals surface area contributed by atoms with E-state index in [-0.39, 0.29) is 29.9 Å². The molecule has 196 valence electrons. The van der Waals surface area contributed by atoms with Gasteiger partial charge in [-0.15, -0.1) is 10.2 Å². The molecule has 9 nitrogen and oxygen atoms in total. The first-order valence-electron chi connectivity index (χ1n) is 11.7. The molecule has 4 aromatic rings. The molecule has 0 spiro atoms. The van der Waals surface area contributed by atoms with E-state index in [0.29, 0.717) is 40.3 Å². The minimum absolute atomic E-state index is 0.0464. The van der Waals surface area contributed by atoms with Gasteiger partial charge in [0.05, 0.1) is 26.0 Å². The van der Waals surface area contributed by atoms with Crippen LogP contribution in [0.5, 0.6) is 11.5 Å². The van der Waals surface area contributed by atoms with E-state index in [1.807, 2.05) is 31.2 Å². The van der Waals surface area contributed by atoms with Crippen molar-refractivity contribution in [2.75, 3.05) is 24.8 Å². The van der Waals surface area contributed by atoms with E-state index >= 15 is 0 Å². The summed E-state index contributed by atoms with van der Waals surface area (Å²) in [5, 5.41) is 14.6. The largest absolute Gasteiger partial charge is 0.497 e. The third-order valence-corrected chi connectivity index (χ3v) is 6.25. The second-order valence-electron chi connectivity index (χ2n) is 7.92. The third-order valence-electron chi connectivity index (χ3n) is 5.33. The summed E-state index contributed by atoms with van der Waals surface area (Å²) in [5.74, 6) is 0.961. The predicted octanol–water partition coefficient (Wildman–Crippen LogP) is 4.47. The van der Waals surface area contributed by atoms with Gasteiger partial charge >= 0.3 is 0 Å². The fourth-order valence-corrected chi connectivity index (χ4v) is 4.26. The molecule has 2 amide bonds. The average molecular weight is 536 g/mol. The van der Waals surface area contributed by atoms with E-state index in [2.05, 4.69) is 20.8 Å². The summed E-state index contributed by atoms with van der Waals surface area (Å²) in [6, 6.07) is 19.7. The maximum Gasteiger partial charge on any atom is 0.251 e. The van der Waals surface area contributed by atoms with Crippen molar-refractivity contribution in [1.29, 1.82) is 0 Å². The van der Waals surface area contributed by atoms with Crippen LogP contribution in [0.15, 0.2) is 78.0 Å². The Balaban J connectivity index is 1.50. The number of rotatable bonds is 11. The lowest BCUT2D eigenvalue weighted by Gasteiger charge is -2.12. The number of nitrogens with zero attached hydrogens (tertiary/aromatic N) is 3. The SMILES string of the molecule is CCOc1ccc(-n2c(CNC(=O)c3ccc(OC)cc3)nnc2SCC(=O)Nc2ccc(F)cc2)cc1. The first-order valence-corrected chi connectivity index (χ1v) is 12.7. The topological polar surface area (TPSA) is 107 Å². The standard InChI is InChI=1S/C27H26FN5O4S/c1-3-37-23-14-10-21(11-15-23)33-24(16-29-26(35)18-4-12-22(36-2)13-5-18)31-32-27(33)38-17-25(34)30-20-8-6-19(28)7-9-20/h4-15H,3,16-17H2,1-2H3,(H,29,35)(H,30,34). The van der Waals surface area contributed by atoms with Crippen molar-refractivity contribution in [1.82, 2.24) is 20.1 Å². The predicted molar refractivity (Wildman–Crippen MR) is 142 cm³/mol. The fourth-order valence-electron chi connectivity index (χ4n) is 3.49. The fraction of sp³-hybridized carbons (Fsp3) is 0.185. The summed E-state index contributed by atoms with van der Waals surface area (Å²) in [7, 11) is 1.56. The van der Waals surface area contributed by atoms with Gasteiger partial charge in [0.15, 0.2) is 11.0 Å². The molecule has 0 bridgehead atoms. The van der Waals surface area contributed by atoms with Gasteiger partial charge in [0, 0.05) is 16.9 Å². The number of anilines is 1. The third kappa shape index (κ3) is 6.88. The lowest BCUT2D eigenvalue weighted by Crippen LogP contribution is -2.24. The van der Waals surface area contributed by atoms with Crippen LogP contribution in [-0.2, 0) is 11.3 Å². The summed E-state index contributed by atoms with van der Waals surface area (Å²) in [6.07, 6.45) is 0. The van der Waals surface area contributed by atoms with E-state index in [4.69, 9.17) is 9.47 Å². The van der Waals surface area contributed by atoms with Crippen LogP contribution in [0.4, 0.5) is 10.1 Å². The number of hydrogen-bond donors (Lipinski definition) is 2. The molecule has 4 rings (SSSR count). The first-order chi connectivity index (χ1) is 18.5. The molecule has 3 aromatic carbocycles. The van der Waals surface area contributed by atoms with Crippen molar-refractivity contribution in [3.8, 4) is 17.2 Å². The minimum atomic E-state index is -0.382. The molecule has 0 atom stereocenters. The van der Waals surface area contributed by atoms with E-state index in [1.165, 1.54) is 36.0 Å². The van der Waals surface area contributed by atoms with Gasteiger partial charge in [-0.05, 0) is 79.7 Å². The van der Waals surface area contributed by atoms with E-state index in [9.17, 15) is 14.0 Å². The quantitative estimate of drug-likeness (QED) is 0.273. The molecule has 11 heteroatoms.